The Morgan fingerprint density at radius 1 is 0.780 bits per heavy atom. The molecule has 0 bridgehead atoms. The van der Waals surface area contributed by atoms with Crippen molar-refractivity contribution in [3.8, 4) is 17.1 Å². The summed E-state index contributed by atoms with van der Waals surface area (Å²) in [6.45, 7) is 7.59. The first-order valence-corrected chi connectivity index (χ1v) is 17.0. The van der Waals surface area contributed by atoms with Crippen molar-refractivity contribution in [3.63, 3.8) is 0 Å². The Hall–Kier alpha value is -4.78. The molecule has 1 aromatic heterocycles. The molecule has 2 aromatic carbocycles. The van der Waals surface area contributed by atoms with Crippen molar-refractivity contribution in [1.29, 1.82) is 0 Å². The lowest BCUT2D eigenvalue weighted by Gasteiger charge is -2.43. The number of esters is 4. The number of aromatic nitrogens is 2. The minimum atomic E-state index is -1.63. The zero-order valence-corrected chi connectivity index (χ0v) is 29.4. The van der Waals surface area contributed by atoms with Gasteiger partial charge in [-0.25, -0.2) is 9.78 Å². The highest BCUT2D eigenvalue weighted by molar-refractivity contribution is 5.81. The fraction of sp³-hybridized carbons (Fsp3) is 0.514. The number of hydrogen-bond donors (Lipinski definition) is 1. The van der Waals surface area contributed by atoms with Crippen LogP contribution in [0.5, 0.6) is 5.75 Å². The molecule has 13 heteroatoms. The molecule has 50 heavy (non-hydrogen) atoms. The summed E-state index contributed by atoms with van der Waals surface area (Å²) in [6, 6.07) is 11.0. The van der Waals surface area contributed by atoms with Gasteiger partial charge in [0.05, 0.1) is 23.6 Å². The summed E-state index contributed by atoms with van der Waals surface area (Å²) >= 11 is 0. The van der Waals surface area contributed by atoms with E-state index in [2.05, 4.69) is 18.8 Å². The number of hydrogen-bond acceptors (Lipinski definition) is 12. The average molecular weight is 695 g/mol. The molecule has 0 radical (unpaired) electrons. The maximum absolute atomic E-state index is 13.5. The lowest BCUT2D eigenvalue weighted by Crippen LogP contribution is -2.64. The second kappa shape index (κ2) is 17.7. The zero-order valence-electron chi connectivity index (χ0n) is 29.4. The molecule has 1 saturated heterocycles. The number of aryl methyl sites for hydroxylation is 2. The van der Waals surface area contributed by atoms with Gasteiger partial charge in [-0.2, -0.15) is 0 Å². The Morgan fingerprint density at radius 3 is 1.96 bits per heavy atom. The van der Waals surface area contributed by atoms with E-state index in [-0.39, 0.29) is 17.1 Å². The largest absolute Gasteiger partial charge is 0.467 e. The van der Waals surface area contributed by atoms with E-state index in [4.69, 9.17) is 33.4 Å². The lowest BCUT2D eigenvalue weighted by molar-refractivity contribution is -0.282. The van der Waals surface area contributed by atoms with Crippen LogP contribution < -0.4 is 10.3 Å². The lowest BCUT2D eigenvalue weighted by atomic mass is 9.97. The van der Waals surface area contributed by atoms with Crippen LogP contribution in [0, 0.1) is 0 Å². The van der Waals surface area contributed by atoms with Gasteiger partial charge in [0.15, 0.2) is 18.3 Å². The number of H-pyrrole nitrogens is 1. The summed E-state index contributed by atoms with van der Waals surface area (Å²) in [6.07, 6.45) is 0.0104. The summed E-state index contributed by atoms with van der Waals surface area (Å²) in [5, 5.41) is 0.455. The van der Waals surface area contributed by atoms with Crippen molar-refractivity contribution in [2.24, 2.45) is 0 Å². The fourth-order valence-electron chi connectivity index (χ4n) is 5.95. The van der Waals surface area contributed by atoms with Crippen molar-refractivity contribution in [2.45, 2.75) is 117 Å². The Morgan fingerprint density at radius 2 is 1.36 bits per heavy atom. The van der Waals surface area contributed by atoms with Crippen LogP contribution in [-0.4, -0.2) is 71.7 Å². The standard InChI is InChI=1S/C37H46N2O11/c1-7-9-11-13-24-15-17-28-26(19-24)35(43)39-34(38-28)27-20-25(14-12-10-8-2)16-18-29(27)49-37-33(48-23(5)42)31(47-22(4)41)30(46-21(3)40)32(50-37)36(44)45-6/h15-20,30-33,37H,7-14H2,1-6H3,(H,38,39,43)/t30-,31-,32?,33?,37+/m0/s1. The van der Waals surface area contributed by atoms with E-state index in [1.165, 1.54) is 0 Å². The molecule has 0 spiro atoms. The molecule has 0 aliphatic carbocycles. The van der Waals surface area contributed by atoms with E-state index >= 15 is 0 Å². The molecule has 2 unspecified atom stereocenters. The van der Waals surface area contributed by atoms with Crippen LogP contribution in [0.4, 0.5) is 0 Å². The number of methoxy groups -OCH3 is 1. The number of fused-ring (bicyclic) bond motifs is 1. The predicted molar refractivity (Wildman–Crippen MR) is 182 cm³/mol. The third kappa shape index (κ3) is 9.68. The van der Waals surface area contributed by atoms with Crippen LogP contribution in [0.3, 0.4) is 0 Å². The van der Waals surface area contributed by atoms with Crippen molar-refractivity contribution in [3.05, 3.63) is 57.9 Å². The molecule has 4 rings (SSSR count). The van der Waals surface area contributed by atoms with Gasteiger partial charge in [-0.1, -0.05) is 51.7 Å². The van der Waals surface area contributed by atoms with E-state index in [9.17, 15) is 24.0 Å². The third-order valence-corrected chi connectivity index (χ3v) is 8.28. The highest BCUT2D eigenvalue weighted by atomic mass is 16.7. The van der Waals surface area contributed by atoms with Crippen molar-refractivity contribution in [2.75, 3.05) is 7.11 Å². The number of carbonyl (C=O) groups excluding carboxylic acids is 4. The number of rotatable bonds is 15. The molecule has 2 heterocycles. The maximum atomic E-state index is 13.5. The molecule has 1 aliphatic heterocycles. The van der Waals surface area contributed by atoms with Gasteiger partial charge in [-0.15, -0.1) is 0 Å². The first kappa shape index (κ1) is 38.0. The van der Waals surface area contributed by atoms with Crippen molar-refractivity contribution in [1.82, 2.24) is 9.97 Å². The number of benzene rings is 2. The first-order valence-electron chi connectivity index (χ1n) is 17.0. The fourth-order valence-corrected chi connectivity index (χ4v) is 5.95. The smallest absolute Gasteiger partial charge is 0.339 e. The number of aromatic amines is 1. The summed E-state index contributed by atoms with van der Waals surface area (Å²) < 4.78 is 33.6. The van der Waals surface area contributed by atoms with E-state index < -0.39 is 54.6 Å². The zero-order chi connectivity index (χ0) is 36.4. The number of carbonyl (C=O) groups is 4. The summed E-state index contributed by atoms with van der Waals surface area (Å²) in [7, 11) is 1.11. The average Bonchev–Trinajstić information content (AvgIpc) is 3.07. The minimum Gasteiger partial charge on any atom is -0.467 e. The van der Waals surface area contributed by atoms with Gasteiger partial charge in [-0.05, 0) is 61.1 Å². The van der Waals surface area contributed by atoms with E-state index in [0.717, 1.165) is 90.4 Å². The Kier molecular flexibility index (Phi) is 13.5. The number of ether oxygens (including phenoxy) is 6. The van der Waals surface area contributed by atoms with Gasteiger partial charge in [0.1, 0.15) is 11.6 Å². The third-order valence-electron chi connectivity index (χ3n) is 8.28. The molecule has 1 N–H and O–H groups in total. The van der Waals surface area contributed by atoms with Crippen LogP contribution in [0.2, 0.25) is 0 Å². The normalized spacial score (nSPS) is 20.2. The minimum absolute atomic E-state index is 0.154. The quantitative estimate of drug-likeness (QED) is 0.127. The number of nitrogens with zero attached hydrogens (tertiary/aromatic N) is 1. The van der Waals surface area contributed by atoms with Gasteiger partial charge in [0, 0.05) is 20.8 Å². The van der Waals surface area contributed by atoms with Crippen LogP contribution in [-0.2, 0) is 55.7 Å². The highest BCUT2D eigenvalue weighted by Gasteiger charge is 2.56. The van der Waals surface area contributed by atoms with Crippen LogP contribution in [0.25, 0.3) is 22.3 Å². The second-order valence-electron chi connectivity index (χ2n) is 12.3. The van der Waals surface area contributed by atoms with Crippen LogP contribution in [0.15, 0.2) is 41.2 Å². The Balaban J connectivity index is 1.82. The van der Waals surface area contributed by atoms with Gasteiger partial charge >= 0.3 is 23.9 Å². The molecular formula is C37H46N2O11. The van der Waals surface area contributed by atoms with E-state index in [1.54, 1.807) is 6.07 Å². The Bertz CT molecular complexity index is 1740. The SMILES string of the molecule is CCCCCc1ccc(O[C@@H]2OC(C(=O)OC)[C@@H](OC(C)=O)[C@H](OC(C)=O)C2OC(C)=O)c(-c2nc3ccc(CCCCC)cc3c(=O)[nH]2)c1. The van der Waals surface area contributed by atoms with E-state index in [1.807, 2.05) is 30.3 Å². The molecule has 13 nitrogen and oxygen atoms in total. The van der Waals surface area contributed by atoms with Gasteiger partial charge in [0.2, 0.25) is 12.4 Å². The molecule has 1 fully saturated rings. The summed E-state index contributed by atoms with van der Waals surface area (Å²) in [5.41, 5.74) is 2.56. The van der Waals surface area contributed by atoms with Crippen LogP contribution >= 0.6 is 0 Å². The molecule has 0 amide bonds. The Labute approximate surface area is 290 Å². The first-order chi connectivity index (χ1) is 23.9. The van der Waals surface area contributed by atoms with Crippen molar-refractivity contribution < 1.29 is 47.6 Å². The van der Waals surface area contributed by atoms with Gasteiger partial charge < -0.3 is 33.4 Å². The molecule has 0 saturated carbocycles. The topological polar surface area (TPSA) is 169 Å². The molecule has 270 valence electrons. The van der Waals surface area contributed by atoms with Crippen LogP contribution in [0.1, 0.15) is 84.3 Å². The van der Waals surface area contributed by atoms with E-state index in [0.29, 0.717) is 16.5 Å². The van der Waals surface area contributed by atoms with Gasteiger partial charge in [-0.3, -0.25) is 19.2 Å². The van der Waals surface area contributed by atoms with Gasteiger partial charge in [0.25, 0.3) is 5.56 Å². The number of unbranched alkanes of at least 4 members (excludes halogenated alkanes) is 4. The molecule has 3 aromatic rings. The summed E-state index contributed by atoms with van der Waals surface area (Å²) in [4.78, 5) is 70.8. The number of nitrogens with one attached hydrogen (secondary N) is 1. The second-order valence-corrected chi connectivity index (χ2v) is 12.3. The summed E-state index contributed by atoms with van der Waals surface area (Å²) in [5.74, 6) is -3.00. The maximum Gasteiger partial charge on any atom is 0.339 e. The monoisotopic (exact) mass is 694 g/mol. The molecular weight excluding hydrogens is 648 g/mol. The predicted octanol–water partition coefficient (Wildman–Crippen LogP) is 5.13. The van der Waals surface area contributed by atoms with Crippen molar-refractivity contribution >= 4 is 34.8 Å². The molecule has 1 aliphatic rings. The highest BCUT2D eigenvalue weighted by Crippen LogP contribution is 2.35. The molecule has 5 atom stereocenters.